The van der Waals surface area contributed by atoms with Crippen LogP contribution in [0.25, 0.3) is 0 Å². The summed E-state index contributed by atoms with van der Waals surface area (Å²) in [6.07, 6.45) is 0. The van der Waals surface area contributed by atoms with E-state index in [9.17, 15) is 4.21 Å². The average molecular weight is 186 g/mol. The summed E-state index contributed by atoms with van der Waals surface area (Å²) in [7, 11) is 0. The van der Waals surface area contributed by atoms with Crippen molar-refractivity contribution in [3.8, 4) is 0 Å². The summed E-state index contributed by atoms with van der Waals surface area (Å²) < 4.78 is 22.0. The van der Waals surface area contributed by atoms with Crippen molar-refractivity contribution in [3.63, 3.8) is 0 Å². The topological polar surface area (TPSA) is 71.2 Å². The predicted octanol–water partition coefficient (Wildman–Crippen LogP) is 1.84. The Bertz CT molecular complexity index is 288. The first-order valence-electron chi connectivity index (χ1n) is 3.03. The van der Waals surface area contributed by atoms with E-state index < -0.39 is 11.4 Å². The quantitative estimate of drug-likeness (QED) is 0.444. The molecule has 0 fully saturated rings. The Labute approximate surface area is 71.5 Å². The van der Waals surface area contributed by atoms with E-state index >= 15 is 0 Å². The van der Waals surface area contributed by atoms with Gasteiger partial charge in [-0.2, -0.15) is 4.21 Å². The zero-order valence-electron chi connectivity index (χ0n) is 5.95. The molecule has 0 amide bonds. The summed E-state index contributed by atoms with van der Waals surface area (Å²) in [6.45, 7) is 0. The zero-order valence-corrected chi connectivity index (χ0v) is 6.77. The molecule has 0 heterocycles. The molecule has 5 nitrogen and oxygen atoms in total. The molecule has 12 heavy (non-hydrogen) atoms. The molecule has 1 aromatic carbocycles. The molecule has 0 saturated carbocycles. The van der Waals surface area contributed by atoms with Crippen LogP contribution in [-0.4, -0.2) is 8.76 Å². The lowest BCUT2D eigenvalue weighted by Crippen LogP contribution is -1.84. The van der Waals surface area contributed by atoms with Crippen molar-refractivity contribution in [2.45, 2.75) is 0 Å². The molecule has 0 aliphatic rings. The highest BCUT2D eigenvalue weighted by Crippen LogP contribution is 2.09. The highest BCUT2D eigenvalue weighted by atomic mass is 32.2. The average Bonchev–Trinajstić information content (AvgIpc) is 2.05. The Kier molecular flexibility index (Phi) is 3.36. The fourth-order valence-corrected chi connectivity index (χ4v) is 0.677. The van der Waals surface area contributed by atoms with Gasteiger partial charge in [0, 0.05) is 5.28 Å². The van der Waals surface area contributed by atoms with Gasteiger partial charge in [-0.3, -0.25) is 4.55 Å². The van der Waals surface area contributed by atoms with Crippen LogP contribution in [0.4, 0.5) is 5.69 Å². The van der Waals surface area contributed by atoms with Crippen LogP contribution in [0, 0.1) is 0 Å². The van der Waals surface area contributed by atoms with Crippen molar-refractivity contribution in [3.05, 3.63) is 30.3 Å². The lowest BCUT2D eigenvalue weighted by atomic mass is 10.3. The summed E-state index contributed by atoms with van der Waals surface area (Å²) in [4.78, 5) is 0. The fraction of sp³-hybridized carbons (Fsp3) is 0. The second-order valence-corrected chi connectivity index (χ2v) is 2.39. The summed E-state index contributed by atoms with van der Waals surface area (Å²) in [5, 5.41) is 6.51. The Morgan fingerprint density at radius 3 is 2.58 bits per heavy atom. The van der Waals surface area contributed by atoms with Crippen LogP contribution in [0.3, 0.4) is 0 Å². The molecule has 1 N–H and O–H groups in total. The number of nitrogens with zero attached hydrogens (tertiary/aromatic N) is 2. The largest absolute Gasteiger partial charge is 0.380 e. The molecular weight excluding hydrogens is 180 g/mol. The number of rotatable bonds is 3. The van der Waals surface area contributed by atoms with Gasteiger partial charge < -0.3 is 0 Å². The van der Waals surface area contributed by atoms with Gasteiger partial charge in [-0.1, -0.05) is 18.2 Å². The molecule has 1 atom stereocenters. The molecule has 0 radical (unpaired) electrons. The van der Waals surface area contributed by atoms with Crippen molar-refractivity contribution in [2.75, 3.05) is 0 Å². The van der Waals surface area contributed by atoms with E-state index in [4.69, 9.17) is 4.55 Å². The lowest BCUT2D eigenvalue weighted by Gasteiger charge is -1.88. The van der Waals surface area contributed by atoms with Gasteiger partial charge in [-0.05, 0) is 12.1 Å². The van der Waals surface area contributed by atoms with E-state index in [0.29, 0.717) is 5.69 Å². The first-order chi connectivity index (χ1) is 5.79. The van der Waals surface area contributed by atoms with Crippen molar-refractivity contribution < 1.29 is 13.0 Å². The second-order valence-electron chi connectivity index (χ2n) is 1.81. The maximum absolute atomic E-state index is 9.92. The summed E-state index contributed by atoms with van der Waals surface area (Å²) in [5.74, 6) is 0. The summed E-state index contributed by atoms with van der Waals surface area (Å²) >= 11 is -2.40. The highest BCUT2D eigenvalue weighted by Gasteiger charge is 1.88. The normalized spacial score (nSPS) is 13.1. The Balaban J connectivity index is 2.52. The Hall–Kier alpha value is -1.27. The van der Waals surface area contributed by atoms with Crippen molar-refractivity contribution in [1.82, 2.24) is 0 Å². The first-order valence-corrected chi connectivity index (χ1v) is 4.06. The third-order valence-corrected chi connectivity index (χ3v) is 1.20. The minimum Gasteiger partial charge on any atom is -0.273 e. The van der Waals surface area contributed by atoms with Crippen LogP contribution in [-0.2, 0) is 15.6 Å². The Morgan fingerprint density at radius 2 is 2.00 bits per heavy atom. The van der Waals surface area contributed by atoms with Gasteiger partial charge in [0.15, 0.2) is 0 Å². The maximum atomic E-state index is 9.92. The monoisotopic (exact) mass is 186 g/mol. The third kappa shape index (κ3) is 3.22. The van der Waals surface area contributed by atoms with Gasteiger partial charge >= 0.3 is 11.4 Å². The summed E-state index contributed by atoms with van der Waals surface area (Å²) in [5.41, 5.74) is 0.558. The van der Waals surface area contributed by atoms with Gasteiger partial charge in [0.05, 0.1) is 5.69 Å². The molecule has 0 bridgehead atoms. The van der Waals surface area contributed by atoms with E-state index in [0.717, 1.165) is 0 Å². The number of benzene rings is 1. The van der Waals surface area contributed by atoms with Gasteiger partial charge in [0.25, 0.3) is 0 Å². The summed E-state index contributed by atoms with van der Waals surface area (Å²) in [6, 6.07) is 8.74. The SMILES string of the molecule is O=S(O)ON=Nc1ccccc1. The standard InChI is InChI=1S/C6H6N2O3S/c9-12(10)11-8-7-6-4-2-1-3-5-6/h1-5H,(H,9,10). The molecule has 1 rings (SSSR count). The molecular formula is C6H6N2O3S. The molecule has 0 aromatic heterocycles. The van der Waals surface area contributed by atoms with Gasteiger partial charge in [-0.15, -0.1) is 5.11 Å². The van der Waals surface area contributed by atoms with Gasteiger partial charge in [-0.25, -0.2) is 4.28 Å². The van der Waals surface area contributed by atoms with Crippen molar-refractivity contribution >= 4 is 17.0 Å². The van der Waals surface area contributed by atoms with E-state index in [1.54, 1.807) is 24.3 Å². The first kappa shape index (κ1) is 8.82. The van der Waals surface area contributed by atoms with E-state index in [1.807, 2.05) is 6.07 Å². The second kappa shape index (κ2) is 4.58. The smallest absolute Gasteiger partial charge is 0.273 e. The minimum absolute atomic E-state index is 0.558. The molecule has 1 aromatic rings. The molecule has 1 unspecified atom stereocenters. The van der Waals surface area contributed by atoms with Crippen LogP contribution in [0.2, 0.25) is 0 Å². The third-order valence-electron chi connectivity index (χ3n) is 1.01. The molecule has 6 heteroatoms. The number of hydrogen-bond acceptors (Lipinski definition) is 4. The van der Waals surface area contributed by atoms with Crippen LogP contribution in [0.15, 0.2) is 40.7 Å². The molecule has 0 aliphatic heterocycles. The fourth-order valence-electron chi connectivity index (χ4n) is 0.587. The van der Waals surface area contributed by atoms with Gasteiger partial charge in [0.2, 0.25) is 0 Å². The van der Waals surface area contributed by atoms with Crippen LogP contribution < -0.4 is 0 Å². The van der Waals surface area contributed by atoms with Gasteiger partial charge in [0.1, 0.15) is 0 Å². The maximum Gasteiger partial charge on any atom is 0.380 e. The van der Waals surface area contributed by atoms with E-state index in [1.165, 1.54) is 0 Å². The van der Waals surface area contributed by atoms with Crippen LogP contribution in [0.1, 0.15) is 0 Å². The lowest BCUT2D eigenvalue weighted by molar-refractivity contribution is 0.302. The molecule has 0 aliphatic carbocycles. The highest BCUT2D eigenvalue weighted by molar-refractivity contribution is 7.74. The molecule has 64 valence electrons. The number of hydrogen-bond donors (Lipinski definition) is 1. The van der Waals surface area contributed by atoms with Crippen LogP contribution >= 0.6 is 0 Å². The molecule has 0 saturated heterocycles. The molecule has 0 spiro atoms. The predicted molar refractivity (Wildman–Crippen MR) is 42.8 cm³/mol. The Morgan fingerprint density at radius 1 is 1.33 bits per heavy atom. The van der Waals surface area contributed by atoms with E-state index in [2.05, 4.69) is 14.7 Å². The van der Waals surface area contributed by atoms with Crippen molar-refractivity contribution in [1.29, 1.82) is 0 Å². The van der Waals surface area contributed by atoms with Crippen molar-refractivity contribution in [2.24, 2.45) is 10.4 Å². The van der Waals surface area contributed by atoms with E-state index in [-0.39, 0.29) is 0 Å². The minimum atomic E-state index is -2.40. The van der Waals surface area contributed by atoms with Crippen LogP contribution in [0.5, 0.6) is 0 Å². The zero-order chi connectivity index (χ0) is 8.81.